The van der Waals surface area contributed by atoms with Gasteiger partial charge in [0.2, 0.25) is 0 Å². The van der Waals surface area contributed by atoms with E-state index < -0.39 is 18.4 Å². The molecule has 0 unspecified atom stereocenters. The Bertz CT molecular complexity index is 994. The fourth-order valence-electron chi connectivity index (χ4n) is 3.61. The Morgan fingerprint density at radius 2 is 1.86 bits per heavy atom. The highest BCUT2D eigenvalue weighted by molar-refractivity contribution is 5.88. The highest BCUT2D eigenvalue weighted by atomic mass is 19.4. The van der Waals surface area contributed by atoms with Crippen molar-refractivity contribution in [3.05, 3.63) is 30.9 Å². The summed E-state index contributed by atoms with van der Waals surface area (Å²) in [6.07, 6.45) is 4.99. The first-order valence-corrected chi connectivity index (χ1v) is 9.46. The summed E-state index contributed by atoms with van der Waals surface area (Å²) in [6, 6.07) is 1.63. The first-order valence-electron chi connectivity index (χ1n) is 9.46. The van der Waals surface area contributed by atoms with E-state index in [4.69, 9.17) is 0 Å². The van der Waals surface area contributed by atoms with Crippen molar-refractivity contribution in [2.24, 2.45) is 0 Å². The van der Waals surface area contributed by atoms with Crippen molar-refractivity contribution in [3.8, 4) is 11.3 Å². The number of nitrogens with one attached hydrogen (secondary N) is 1. The third kappa shape index (κ3) is 4.63. The smallest absolute Gasteiger partial charge is 0.365 e. The summed E-state index contributed by atoms with van der Waals surface area (Å²) in [5.74, 6) is 0.358. The Kier molecular flexibility index (Phi) is 5.10. The van der Waals surface area contributed by atoms with Gasteiger partial charge in [-0.1, -0.05) is 19.3 Å². The summed E-state index contributed by atoms with van der Waals surface area (Å²) in [6.45, 7) is -1.08. The number of alkyl halides is 4. The molecule has 29 heavy (non-hydrogen) atoms. The molecule has 0 bridgehead atoms. The van der Waals surface area contributed by atoms with E-state index >= 15 is 0 Å². The lowest BCUT2D eigenvalue weighted by molar-refractivity contribution is -0.142. The lowest BCUT2D eigenvalue weighted by Crippen LogP contribution is -2.34. The summed E-state index contributed by atoms with van der Waals surface area (Å²) in [5, 5.41) is 6.82. The minimum absolute atomic E-state index is 0.0997. The Labute approximate surface area is 164 Å². The number of anilines is 1. The Morgan fingerprint density at radius 1 is 1.10 bits per heavy atom. The molecule has 3 aromatic heterocycles. The molecule has 0 atom stereocenters. The van der Waals surface area contributed by atoms with E-state index in [1.807, 2.05) is 0 Å². The molecule has 6 nitrogen and oxygen atoms in total. The maximum Gasteiger partial charge on any atom is 0.408 e. The van der Waals surface area contributed by atoms with Gasteiger partial charge in [0, 0.05) is 24.2 Å². The van der Waals surface area contributed by atoms with Crippen molar-refractivity contribution in [3.63, 3.8) is 0 Å². The zero-order valence-electron chi connectivity index (χ0n) is 15.6. The Morgan fingerprint density at radius 3 is 2.62 bits per heavy atom. The maximum absolute atomic E-state index is 15.0. The molecule has 1 fully saturated rings. The number of hydrogen-bond acceptors (Lipinski definition) is 5. The van der Waals surface area contributed by atoms with Crippen molar-refractivity contribution < 1.29 is 17.6 Å². The molecule has 0 radical (unpaired) electrons. The van der Waals surface area contributed by atoms with Gasteiger partial charge in [0.15, 0.2) is 5.82 Å². The van der Waals surface area contributed by atoms with E-state index in [0.717, 1.165) is 23.9 Å². The van der Waals surface area contributed by atoms with Crippen molar-refractivity contribution in [1.29, 1.82) is 0 Å². The van der Waals surface area contributed by atoms with Crippen LogP contribution in [-0.4, -0.2) is 43.1 Å². The molecule has 10 heteroatoms. The molecular formula is C19H20F4N6. The molecule has 1 saturated carbocycles. The lowest BCUT2D eigenvalue weighted by atomic mass is 9.86. The van der Waals surface area contributed by atoms with Gasteiger partial charge in [-0.3, -0.25) is 9.67 Å². The minimum atomic E-state index is -4.37. The average Bonchev–Trinajstić information content (AvgIpc) is 3.13. The topological polar surface area (TPSA) is 68.5 Å². The zero-order chi connectivity index (χ0) is 20.5. The van der Waals surface area contributed by atoms with Crippen molar-refractivity contribution in [2.45, 2.75) is 50.5 Å². The summed E-state index contributed by atoms with van der Waals surface area (Å²) in [4.78, 5) is 13.0. The predicted octanol–water partition coefficient (Wildman–Crippen LogP) is 4.53. The second kappa shape index (κ2) is 7.57. The van der Waals surface area contributed by atoms with Crippen LogP contribution in [0.15, 0.2) is 30.9 Å². The van der Waals surface area contributed by atoms with Gasteiger partial charge in [-0.15, -0.1) is 0 Å². The summed E-state index contributed by atoms with van der Waals surface area (Å²) >= 11 is 0. The highest BCUT2D eigenvalue weighted by Gasteiger charge is 2.32. The van der Waals surface area contributed by atoms with Gasteiger partial charge in [0.05, 0.1) is 24.0 Å². The molecule has 1 N–H and O–H groups in total. The molecule has 3 aromatic rings. The first kappa shape index (κ1) is 19.5. The number of rotatable bonds is 5. The monoisotopic (exact) mass is 408 g/mol. The first-order chi connectivity index (χ1) is 13.8. The van der Waals surface area contributed by atoms with Crippen LogP contribution in [0.2, 0.25) is 0 Å². The van der Waals surface area contributed by atoms with Crippen LogP contribution in [0.3, 0.4) is 0 Å². The molecule has 154 valence electrons. The lowest BCUT2D eigenvalue weighted by Gasteiger charge is -2.29. The van der Waals surface area contributed by atoms with Gasteiger partial charge < -0.3 is 5.32 Å². The number of hydrogen-bond donors (Lipinski definition) is 1. The van der Waals surface area contributed by atoms with Gasteiger partial charge in [0.25, 0.3) is 0 Å². The van der Waals surface area contributed by atoms with Crippen molar-refractivity contribution in [1.82, 2.24) is 24.7 Å². The number of aromatic nitrogens is 5. The number of pyridine rings is 1. The Hall–Kier alpha value is -2.78. The molecule has 0 saturated heterocycles. The summed E-state index contributed by atoms with van der Waals surface area (Å²) < 4.78 is 53.6. The van der Waals surface area contributed by atoms with Gasteiger partial charge in [-0.05, 0) is 18.9 Å². The fraction of sp³-hybridized carbons (Fsp3) is 0.474. The molecule has 1 aliphatic carbocycles. The molecule has 0 aliphatic heterocycles. The van der Waals surface area contributed by atoms with Gasteiger partial charge in [-0.2, -0.15) is 18.3 Å². The molecule has 1 aliphatic rings. The van der Waals surface area contributed by atoms with Gasteiger partial charge >= 0.3 is 6.18 Å². The fourth-order valence-corrected chi connectivity index (χ4v) is 3.61. The van der Waals surface area contributed by atoms with Crippen LogP contribution in [0.5, 0.6) is 0 Å². The predicted molar refractivity (Wildman–Crippen MR) is 100 cm³/mol. The Balaban J connectivity index is 1.64. The quantitative estimate of drug-likeness (QED) is 0.628. The molecule has 0 spiro atoms. The third-order valence-electron chi connectivity index (χ3n) is 5.05. The number of halogens is 4. The zero-order valence-corrected chi connectivity index (χ0v) is 15.6. The number of nitrogens with zero attached hydrogens (tertiary/aromatic N) is 5. The van der Waals surface area contributed by atoms with Crippen LogP contribution in [0.1, 0.15) is 32.1 Å². The van der Waals surface area contributed by atoms with Gasteiger partial charge in [0.1, 0.15) is 17.7 Å². The van der Waals surface area contributed by atoms with Gasteiger partial charge in [-0.25, -0.2) is 14.4 Å². The van der Waals surface area contributed by atoms with Crippen LogP contribution < -0.4 is 5.32 Å². The maximum atomic E-state index is 15.0. The van der Waals surface area contributed by atoms with Crippen LogP contribution >= 0.6 is 0 Å². The third-order valence-corrected chi connectivity index (χ3v) is 5.05. The summed E-state index contributed by atoms with van der Waals surface area (Å²) in [7, 11) is 0. The van der Waals surface area contributed by atoms with Crippen LogP contribution in [0, 0.1) is 0 Å². The normalized spacial score (nSPS) is 16.8. The molecule has 4 rings (SSSR count). The summed E-state index contributed by atoms with van der Waals surface area (Å²) in [5.41, 5.74) is 0.503. The van der Waals surface area contributed by atoms with Crippen molar-refractivity contribution >= 4 is 16.9 Å². The van der Waals surface area contributed by atoms with Crippen LogP contribution in [-0.2, 0) is 6.54 Å². The average molecular weight is 408 g/mol. The van der Waals surface area contributed by atoms with Crippen LogP contribution in [0.4, 0.5) is 23.4 Å². The van der Waals surface area contributed by atoms with E-state index in [0.29, 0.717) is 41.0 Å². The molecule has 0 aromatic carbocycles. The van der Waals surface area contributed by atoms with Crippen molar-refractivity contribution in [2.75, 3.05) is 11.9 Å². The molecule has 0 amide bonds. The SMILES string of the molecule is FC(F)(F)Cn1cc(-c2cc3nccnc3c(NCC3(F)CCCCC3)n2)cn1. The second-order valence-electron chi connectivity index (χ2n) is 7.39. The van der Waals surface area contributed by atoms with Crippen LogP contribution in [0.25, 0.3) is 22.3 Å². The second-order valence-corrected chi connectivity index (χ2v) is 7.39. The largest absolute Gasteiger partial charge is 0.408 e. The van der Waals surface area contributed by atoms with E-state index in [-0.39, 0.29) is 6.54 Å². The standard InChI is InChI=1S/C19H20F4N6/c20-18(4-2-1-3-5-18)11-26-17-16-15(24-6-7-25-16)8-14(28-17)13-9-27-29(10-13)12-19(21,22)23/h6-10H,1-5,11-12H2,(H,26,28). The number of fused-ring (bicyclic) bond motifs is 1. The van der Waals surface area contributed by atoms with E-state index in [9.17, 15) is 17.6 Å². The highest BCUT2D eigenvalue weighted by Crippen LogP contribution is 2.33. The van der Waals surface area contributed by atoms with E-state index in [2.05, 4.69) is 25.4 Å². The van der Waals surface area contributed by atoms with E-state index in [1.54, 1.807) is 6.07 Å². The minimum Gasteiger partial charge on any atom is -0.365 e. The molecular weight excluding hydrogens is 388 g/mol. The van der Waals surface area contributed by atoms with E-state index in [1.165, 1.54) is 24.8 Å². The molecule has 3 heterocycles.